The van der Waals surface area contributed by atoms with Gasteiger partial charge in [-0.2, -0.15) is 0 Å². The summed E-state index contributed by atoms with van der Waals surface area (Å²) in [5, 5.41) is 13.4. The number of hydrogen-bond acceptors (Lipinski definition) is 5. The molecule has 6 heteroatoms. The minimum atomic E-state index is -0.716. The lowest BCUT2D eigenvalue weighted by Crippen LogP contribution is -2.36. The van der Waals surface area contributed by atoms with E-state index in [-0.39, 0.29) is 23.5 Å². The van der Waals surface area contributed by atoms with Gasteiger partial charge < -0.3 is 19.5 Å². The Bertz CT molecular complexity index is 1350. The molecule has 0 aliphatic carbocycles. The van der Waals surface area contributed by atoms with E-state index >= 15 is 0 Å². The third kappa shape index (κ3) is 4.37. The summed E-state index contributed by atoms with van der Waals surface area (Å²) in [6.07, 6.45) is 1.65. The molecule has 2 aliphatic rings. The number of ketones is 1. The van der Waals surface area contributed by atoms with E-state index in [9.17, 15) is 14.7 Å². The van der Waals surface area contributed by atoms with Crippen LogP contribution in [-0.4, -0.2) is 47.1 Å². The molecule has 5 rings (SSSR count). The van der Waals surface area contributed by atoms with Crippen molar-refractivity contribution in [3.63, 3.8) is 0 Å². The van der Waals surface area contributed by atoms with Gasteiger partial charge in [0, 0.05) is 18.7 Å². The third-order valence-electron chi connectivity index (χ3n) is 6.89. The van der Waals surface area contributed by atoms with Gasteiger partial charge in [-0.05, 0) is 73.7 Å². The minimum Gasteiger partial charge on any atom is -0.507 e. The predicted octanol–water partition coefficient (Wildman–Crippen LogP) is 5.54. The Morgan fingerprint density at radius 1 is 1.11 bits per heavy atom. The van der Waals surface area contributed by atoms with E-state index in [1.54, 1.807) is 23.1 Å². The highest BCUT2D eigenvalue weighted by Gasteiger charge is 2.47. The summed E-state index contributed by atoms with van der Waals surface area (Å²) < 4.78 is 11.6. The average Bonchev–Trinajstić information content (AvgIpc) is 3.47. The molecule has 2 saturated heterocycles. The highest BCUT2D eigenvalue weighted by atomic mass is 16.5. The van der Waals surface area contributed by atoms with E-state index < -0.39 is 17.7 Å². The summed E-state index contributed by atoms with van der Waals surface area (Å²) in [4.78, 5) is 28.4. The van der Waals surface area contributed by atoms with E-state index in [2.05, 4.69) is 0 Å². The Labute approximate surface area is 211 Å². The van der Waals surface area contributed by atoms with Crippen LogP contribution in [0.1, 0.15) is 49.4 Å². The zero-order valence-corrected chi connectivity index (χ0v) is 20.9. The van der Waals surface area contributed by atoms with Crippen molar-refractivity contribution < 1.29 is 24.2 Å². The molecule has 186 valence electrons. The summed E-state index contributed by atoms with van der Waals surface area (Å²) in [5.74, 6) is -0.753. The normalized spacial score (nSPS) is 21.6. The second-order valence-corrected chi connectivity index (χ2v) is 9.80. The van der Waals surface area contributed by atoms with Crippen LogP contribution in [0.15, 0.2) is 66.2 Å². The predicted molar refractivity (Wildman–Crippen MR) is 139 cm³/mol. The Hall–Kier alpha value is -3.64. The van der Waals surface area contributed by atoms with Crippen LogP contribution < -0.4 is 4.74 Å². The van der Waals surface area contributed by atoms with E-state index in [1.165, 1.54) is 0 Å². The second-order valence-electron chi connectivity index (χ2n) is 9.80. The number of benzene rings is 3. The molecule has 6 nitrogen and oxygen atoms in total. The molecule has 0 spiro atoms. The molecule has 0 saturated carbocycles. The maximum absolute atomic E-state index is 13.4. The number of fused-ring (bicyclic) bond motifs is 1. The first kappa shape index (κ1) is 24.1. The number of hydrogen-bond donors (Lipinski definition) is 1. The Morgan fingerprint density at radius 2 is 1.89 bits per heavy atom. The zero-order valence-electron chi connectivity index (χ0n) is 20.9. The maximum atomic E-state index is 13.4. The molecule has 2 heterocycles. The van der Waals surface area contributed by atoms with Gasteiger partial charge in [-0.25, -0.2) is 0 Å². The maximum Gasteiger partial charge on any atom is 0.295 e. The summed E-state index contributed by atoms with van der Waals surface area (Å²) in [6, 6.07) is 18.3. The van der Waals surface area contributed by atoms with Gasteiger partial charge >= 0.3 is 0 Å². The fourth-order valence-corrected chi connectivity index (χ4v) is 5.23. The molecule has 2 aliphatic heterocycles. The largest absolute Gasteiger partial charge is 0.507 e. The lowest BCUT2D eigenvalue weighted by atomic mass is 9.91. The topological polar surface area (TPSA) is 76.1 Å². The van der Waals surface area contributed by atoms with Crippen LogP contribution in [0.2, 0.25) is 0 Å². The number of aliphatic hydroxyl groups is 1. The monoisotopic (exact) mass is 485 g/mol. The molecule has 0 bridgehead atoms. The van der Waals surface area contributed by atoms with Gasteiger partial charge in [0.05, 0.1) is 23.8 Å². The summed E-state index contributed by atoms with van der Waals surface area (Å²) >= 11 is 0. The second kappa shape index (κ2) is 9.78. The van der Waals surface area contributed by atoms with Crippen molar-refractivity contribution in [2.45, 2.75) is 51.9 Å². The van der Waals surface area contributed by atoms with Crippen molar-refractivity contribution in [3.05, 3.63) is 82.9 Å². The number of Topliss-reactive ketones (excluding diaryl/α,β-unsaturated/α-hetero) is 1. The standard InChI is InChI=1S/C30H31NO5/c1-18(2)36-25-14-13-21(16-19(25)3)28(32)26-27(24-12-6-9-20-8-4-5-11-23(20)24)31(30(34)29(26)33)17-22-10-7-15-35-22/h4-6,8-9,11-14,16,18,22,27,32H,7,10,15,17H2,1-3H3/b28-26-. The van der Waals surface area contributed by atoms with Crippen LogP contribution in [0.25, 0.3) is 16.5 Å². The molecule has 36 heavy (non-hydrogen) atoms. The van der Waals surface area contributed by atoms with Crippen LogP contribution in [0, 0.1) is 6.92 Å². The molecule has 1 amide bonds. The van der Waals surface area contributed by atoms with Gasteiger partial charge in [-0.3, -0.25) is 9.59 Å². The van der Waals surface area contributed by atoms with Gasteiger partial charge in [-0.1, -0.05) is 42.5 Å². The number of ether oxygens (including phenoxy) is 2. The summed E-state index contributed by atoms with van der Waals surface area (Å²) in [5.41, 5.74) is 2.22. The van der Waals surface area contributed by atoms with Crippen molar-refractivity contribution in [2.24, 2.45) is 0 Å². The number of carbonyl (C=O) groups excluding carboxylic acids is 2. The molecule has 0 aromatic heterocycles. The van der Waals surface area contributed by atoms with Crippen LogP contribution in [0.5, 0.6) is 5.75 Å². The van der Waals surface area contributed by atoms with E-state index in [4.69, 9.17) is 9.47 Å². The highest BCUT2D eigenvalue weighted by molar-refractivity contribution is 6.46. The van der Waals surface area contributed by atoms with Crippen LogP contribution in [-0.2, 0) is 14.3 Å². The molecular formula is C30H31NO5. The number of rotatable bonds is 6. The molecule has 2 atom stereocenters. The quantitative estimate of drug-likeness (QED) is 0.282. The number of aliphatic hydroxyl groups excluding tert-OH is 1. The van der Waals surface area contributed by atoms with Crippen LogP contribution in [0.4, 0.5) is 0 Å². The Morgan fingerprint density at radius 3 is 2.61 bits per heavy atom. The number of aryl methyl sites for hydroxylation is 1. The van der Waals surface area contributed by atoms with Gasteiger partial charge in [0.2, 0.25) is 0 Å². The highest BCUT2D eigenvalue weighted by Crippen LogP contribution is 2.42. The summed E-state index contributed by atoms with van der Waals surface area (Å²) in [6.45, 7) is 6.75. The van der Waals surface area contributed by atoms with Gasteiger partial charge in [0.15, 0.2) is 0 Å². The molecular weight excluding hydrogens is 454 g/mol. The van der Waals surface area contributed by atoms with Crippen molar-refractivity contribution in [1.82, 2.24) is 4.90 Å². The van der Waals surface area contributed by atoms with E-state index in [1.807, 2.05) is 63.2 Å². The first-order valence-electron chi connectivity index (χ1n) is 12.5. The van der Waals surface area contributed by atoms with Crippen molar-refractivity contribution in [1.29, 1.82) is 0 Å². The molecule has 3 aromatic rings. The van der Waals surface area contributed by atoms with E-state index in [0.29, 0.717) is 24.5 Å². The number of likely N-dealkylation sites (tertiary alicyclic amines) is 1. The molecule has 1 N–H and O–H groups in total. The minimum absolute atomic E-state index is 0.0117. The lowest BCUT2D eigenvalue weighted by molar-refractivity contribution is -0.140. The number of nitrogens with zero attached hydrogens (tertiary/aromatic N) is 1. The van der Waals surface area contributed by atoms with Crippen LogP contribution in [0.3, 0.4) is 0 Å². The third-order valence-corrected chi connectivity index (χ3v) is 6.89. The average molecular weight is 486 g/mol. The summed E-state index contributed by atoms with van der Waals surface area (Å²) in [7, 11) is 0. The van der Waals surface area contributed by atoms with Gasteiger partial charge in [0.25, 0.3) is 11.7 Å². The smallest absolute Gasteiger partial charge is 0.295 e. The van der Waals surface area contributed by atoms with Gasteiger partial charge in [0.1, 0.15) is 11.5 Å². The Kier molecular flexibility index (Phi) is 6.54. The Balaban J connectivity index is 1.66. The van der Waals surface area contributed by atoms with E-state index in [0.717, 1.165) is 34.7 Å². The molecule has 3 aromatic carbocycles. The first-order valence-corrected chi connectivity index (χ1v) is 12.5. The zero-order chi connectivity index (χ0) is 25.4. The first-order chi connectivity index (χ1) is 17.3. The number of amides is 1. The lowest BCUT2D eigenvalue weighted by Gasteiger charge is -2.28. The number of carbonyl (C=O) groups is 2. The molecule has 2 fully saturated rings. The van der Waals surface area contributed by atoms with Crippen molar-refractivity contribution in [3.8, 4) is 5.75 Å². The SMILES string of the molecule is Cc1cc(/C(O)=C2/C(=O)C(=O)N(CC3CCCO3)C2c2cccc3ccccc23)ccc1OC(C)C. The van der Waals surface area contributed by atoms with Crippen molar-refractivity contribution in [2.75, 3.05) is 13.2 Å². The fraction of sp³-hybridized carbons (Fsp3) is 0.333. The van der Waals surface area contributed by atoms with Crippen LogP contribution >= 0.6 is 0 Å². The van der Waals surface area contributed by atoms with Gasteiger partial charge in [-0.15, -0.1) is 0 Å². The molecule has 2 unspecified atom stereocenters. The fourth-order valence-electron chi connectivity index (χ4n) is 5.23. The van der Waals surface area contributed by atoms with Crippen molar-refractivity contribution >= 4 is 28.2 Å². The molecule has 0 radical (unpaired) electrons.